The van der Waals surface area contributed by atoms with Crippen molar-refractivity contribution >= 4 is 19.8 Å². The molecule has 0 heterocycles. The van der Waals surface area contributed by atoms with Gasteiger partial charge in [-0.2, -0.15) is 0 Å². The molecule has 3 N–H and O–H groups in total. The molecule has 87 heavy (non-hydrogen) atoms. The third kappa shape index (κ3) is 72.6. The Kier molecular flexibility index (Phi) is 70.9. The van der Waals surface area contributed by atoms with E-state index in [2.05, 4.69) is 74.6 Å². The average Bonchev–Trinajstić information content (AvgIpc) is 3.64. The van der Waals surface area contributed by atoms with Crippen molar-refractivity contribution in [1.82, 2.24) is 0 Å². The third-order valence-corrected chi connectivity index (χ3v) is 17.9. The smallest absolute Gasteiger partial charge is 0.462 e. The third-order valence-electron chi connectivity index (χ3n) is 16.9. The first kappa shape index (κ1) is 84.7. The highest BCUT2D eigenvalue weighted by Crippen LogP contribution is 2.43. The topological polar surface area (TPSA) is 134 Å². The van der Waals surface area contributed by atoms with Crippen LogP contribution in [0.25, 0.3) is 0 Å². The Morgan fingerprint density at radius 1 is 0.356 bits per heavy atom. The molecule has 510 valence electrons. The van der Waals surface area contributed by atoms with Gasteiger partial charge in [-0.15, -0.1) is 0 Å². The largest absolute Gasteiger partial charge is 0.472 e. The van der Waals surface area contributed by atoms with Gasteiger partial charge in [0.15, 0.2) is 6.10 Å². The van der Waals surface area contributed by atoms with Crippen LogP contribution in [0.3, 0.4) is 0 Å². The van der Waals surface area contributed by atoms with Crippen LogP contribution in [0.5, 0.6) is 0 Å². The number of rotatable bonds is 72. The van der Waals surface area contributed by atoms with Crippen molar-refractivity contribution in [3.05, 3.63) is 60.8 Å². The van der Waals surface area contributed by atoms with Gasteiger partial charge in [-0.25, -0.2) is 4.57 Å². The first-order chi connectivity index (χ1) is 42.8. The maximum absolute atomic E-state index is 12.8. The van der Waals surface area contributed by atoms with Crippen LogP contribution >= 0.6 is 7.82 Å². The molecule has 0 spiro atoms. The Morgan fingerprint density at radius 3 is 0.943 bits per heavy atom. The predicted octanol–water partition coefficient (Wildman–Crippen LogP) is 25.0. The molecule has 0 saturated heterocycles. The van der Waals surface area contributed by atoms with E-state index >= 15 is 0 Å². The first-order valence-electron chi connectivity index (χ1n) is 37.8. The Morgan fingerprint density at radius 2 is 0.632 bits per heavy atom. The molecular weight excluding hydrogens is 1100 g/mol. The molecule has 0 aromatic heterocycles. The van der Waals surface area contributed by atoms with Gasteiger partial charge < -0.3 is 20.1 Å². The van der Waals surface area contributed by atoms with E-state index in [-0.39, 0.29) is 38.6 Å². The van der Waals surface area contributed by atoms with Crippen molar-refractivity contribution in [2.75, 3.05) is 26.4 Å². The van der Waals surface area contributed by atoms with Crippen LogP contribution in [0, 0.1) is 0 Å². The number of unbranched alkanes of at least 4 members (excludes halogenated alkanes) is 49. The summed E-state index contributed by atoms with van der Waals surface area (Å²) in [5, 5.41) is 0. The van der Waals surface area contributed by atoms with Crippen molar-refractivity contribution in [3.63, 3.8) is 0 Å². The first-order valence-corrected chi connectivity index (χ1v) is 39.3. The molecule has 2 atom stereocenters. The molecule has 0 aromatic rings. The maximum atomic E-state index is 12.8. The monoisotopic (exact) mass is 1240 g/mol. The summed E-state index contributed by atoms with van der Waals surface area (Å²) in [6.45, 7) is 3.71. The lowest BCUT2D eigenvalue weighted by atomic mass is 10.0. The lowest BCUT2D eigenvalue weighted by Gasteiger charge is -2.19. The summed E-state index contributed by atoms with van der Waals surface area (Å²) in [6, 6.07) is 0. The van der Waals surface area contributed by atoms with Gasteiger partial charge >= 0.3 is 19.8 Å². The number of hydrogen-bond donors (Lipinski definition) is 2. The Balaban J connectivity index is 3.79. The van der Waals surface area contributed by atoms with Gasteiger partial charge in [0.2, 0.25) is 0 Å². The minimum Gasteiger partial charge on any atom is -0.462 e. The molecule has 0 bridgehead atoms. The van der Waals surface area contributed by atoms with E-state index in [4.69, 9.17) is 24.3 Å². The van der Waals surface area contributed by atoms with Gasteiger partial charge in [-0.1, -0.05) is 376 Å². The summed E-state index contributed by atoms with van der Waals surface area (Å²) >= 11 is 0. The number of phosphoric acid groups is 1. The van der Waals surface area contributed by atoms with Crippen LogP contribution in [0.15, 0.2) is 60.8 Å². The molecule has 0 rings (SSSR count). The minimum atomic E-state index is -4.39. The van der Waals surface area contributed by atoms with E-state index in [0.717, 1.165) is 64.2 Å². The quantitative estimate of drug-likeness (QED) is 0.0264. The molecule has 0 aliphatic carbocycles. The number of ether oxygens (including phenoxy) is 2. The molecule has 0 amide bonds. The molecule has 0 aliphatic rings. The molecule has 0 aliphatic heterocycles. The van der Waals surface area contributed by atoms with Crippen molar-refractivity contribution < 1.29 is 37.6 Å². The van der Waals surface area contributed by atoms with E-state index < -0.39 is 26.5 Å². The van der Waals surface area contributed by atoms with Gasteiger partial charge in [-0.05, 0) is 57.8 Å². The van der Waals surface area contributed by atoms with Crippen molar-refractivity contribution in [3.8, 4) is 0 Å². The Labute approximate surface area is 539 Å². The summed E-state index contributed by atoms with van der Waals surface area (Å²) < 4.78 is 33.2. The van der Waals surface area contributed by atoms with Crippen LogP contribution in [0.1, 0.15) is 386 Å². The molecule has 10 heteroatoms. The number of carbonyl (C=O) groups is 2. The normalized spacial score (nSPS) is 13.2. The van der Waals surface area contributed by atoms with Gasteiger partial charge in [-0.3, -0.25) is 18.6 Å². The van der Waals surface area contributed by atoms with Gasteiger partial charge in [0.05, 0.1) is 13.2 Å². The highest BCUT2D eigenvalue weighted by molar-refractivity contribution is 7.47. The lowest BCUT2D eigenvalue weighted by Crippen LogP contribution is -2.29. The summed E-state index contributed by atoms with van der Waals surface area (Å²) in [5.41, 5.74) is 5.41. The molecule has 0 aromatic carbocycles. The highest BCUT2D eigenvalue weighted by Gasteiger charge is 2.26. The maximum Gasteiger partial charge on any atom is 0.472 e. The van der Waals surface area contributed by atoms with Crippen LogP contribution < -0.4 is 5.73 Å². The SMILES string of the molecule is CC/C=C\C/C=C\C/C=C\C/C=C\C/C=C\CCCCCCCCCCCCCCCCCCCCCC(=O)OC(COC(=O)CCCCCCCCCCCCCCCCCCCCCCCCCCCCCCCCC)COP(=O)(O)OCCN. The zero-order valence-electron chi connectivity index (χ0n) is 57.5. The molecule has 0 radical (unpaired) electrons. The number of allylic oxidation sites excluding steroid dienone is 10. The second-order valence-electron chi connectivity index (χ2n) is 25.5. The number of nitrogens with two attached hydrogens (primary N) is 1. The summed E-state index contributed by atoms with van der Waals surface area (Å²) in [4.78, 5) is 35.4. The average molecular weight is 1240 g/mol. The zero-order valence-corrected chi connectivity index (χ0v) is 58.4. The van der Waals surface area contributed by atoms with Crippen LogP contribution in [-0.2, 0) is 32.7 Å². The number of esters is 2. The number of carbonyl (C=O) groups excluding carboxylic acids is 2. The fourth-order valence-electron chi connectivity index (χ4n) is 11.4. The number of phosphoric ester groups is 1. The highest BCUT2D eigenvalue weighted by atomic mass is 31.2. The molecule has 2 unspecified atom stereocenters. The van der Waals surface area contributed by atoms with Crippen LogP contribution in [0.2, 0.25) is 0 Å². The Hall–Kier alpha value is -2.29. The van der Waals surface area contributed by atoms with Crippen LogP contribution in [-0.4, -0.2) is 49.3 Å². The van der Waals surface area contributed by atoms with Crippen molar-refractivity contribution in [2.24, 2.45) is 5.73 Å². The molecule has 9 nitrogen and oxygen atoms in total. The summed E-state index contributed by atoms with van der Waals surface area (Å²) in [7, 11) is -4.39. The van der Waals surface area contributed by atoms with Gasteiger partial charge in [0.1, 0.15) is 6.61 Å². The Bertz CT molecular complexity index is 1610. The summed E-state index contributed by atoms with van der Waals surface area (Å²) in [5.74, 6) is -0.805. The number of hydrogen-bond acceptors (Lipinski definition) is 8. The zero-order chi connectivity index (χ0) is 63.0. The molecular formula is C77H144NO8P. The lowest BCUT2D eigenvalue weighted by molar-refractivity contribution is -0.161. The van der Waals surface area contributed by atoms with Gasteiger partial charge in [0.25, 0.3) is 0 Å². The van der Waals surface area contributed by atoms with E-state index in [1.54, 1.807) is 0 Å². The second-order valence-corrected chi connectivity index (χ2v) is 27.0. The standard InChI is InChI=1S/C77H144NO8P/c1-3-5-7-9-11-13-15-17-19-21-23-25-27-29-31-33-35-36-37-38-40-42-44-46-48-50-52-54-56-58-60-62-64-66-68-70-77(80)86-75(74-85-87(81,82)84-72-71-78)73-83-76(79)69-67-65-63-61-59-57-55-53-51-49-47-45-43-41-39-34-32-30-28-26-24-22-20-18-16-14-12-10-8-6-4-2/h5,7,11,13,17,19,23,25,29,31,75H,3-4,6,8-10,12,14-16,18,20-22,24,26-28,30,32-74,78H2,1-2H3,(H,81,82)/b7-5-,13-11-,19-17-,25-23-,31-29-. The summed E-state index contributed by atoms with van der Waals surface area (Å²) in [6.07, 6.45) is 94.9. The van der Waals surface area contributed by atoms with E-state index in [9.17, 15) is 19.0 Å². The second kappa shape index (κ2) is 72.8. The van der Waals surface area contributed by atoms with E-state index in [0.29, 0.717) is 6.42 Å². The van der Waals surface area contributed by atoms with Crippen molar-refractivity contribution in [1.29, 1.82) is 0 Å². The fraction of sp³-hybridized carbons (Fsp3) is 0.844. The van der Waals surface area contributed by atoms with Crippen molar-refractivity contribution in [2.45, 2.75) is 392 Å². The van der Waals surface area contributed by atoms with E-state index in [1.807, 2.05) is 0 Å². The van der Waals surface area contributed by atoms with Gasteiger partial charge in [0, 0.05) is 19.4 Å². The van der Waals surface area contributed by atoms with Crippen LogP contribution in [0.4, 0.5) is 0 Å². The fourth-order valence-corrected chi connectivity index (χ4v) is 12.1. The predicted molar refractivity (Wildman–Crippen MR) is 376 cm³/mol. The van der Waals surface area contributed by atoms with E-state index in [1.165, 1.54) is 289 Å². The minimum absolute atomic E-state index is 0.0553. The molecule has 0 fully saturated rings. The molecule has 0 saturated carbocycles.